The van der Waals surface area contributed by atoms with Crippen molar-refractivity contribution >= 4 is 83.5 Å². The maximum absolute atomic E-state index is 10.4. The topological polar surface area (TPSA) is 294 Å². The minimum absolute atomic E-state index is 0.00750. The van der Waals surface area contributed by atoms with Gasteiger partial charge in [0, 0.05) is 0 Å². The number of aliphatic imine (C=N–C) groups is 10. The number of isocyanates is 10. The number of unbranched alkanes of at least 4 members (excludes halogenated alkanes) is 3. The molecule has 0 bridgehead atoms. The SMILES string of the molecule is CC1(C)CC(N=C=O)CC(C)(CN=C=O)C1.Cc1ccc(N=C=O)cc1N=C=O.O=C=NC1CCC(CC2CCC(N=C=O)CC2)CC1.O=C=NCCCCCCN=C=O.O=C=Nc1ccc(Cc2ccccc2N=C=O)cc1. The van der Waals surface area contributed by atoms with Gasteiger partial charge in [0.2, 0.25) is 60.8 Å². The van der Waals surface area contributed by atoms with E-state index in [1.807, 2.05) is 30.3 Å². The summed E-state index contributed by atoms with van der Waals surface area (Å²) in [5.74, 6) is 1.60. The highest BCUT2D eigenvalue weighted by molar-refractivity contribution is 5.61. The molecule has 0 radical (unpaired) electrons. The summed E-state index contributed by atoms with van der Waals surface area (Å²) in [5.41, 5.74) is 4.94. The molecule has 20 heteroatoms. The summed E-state index contributed by atoms with van der Waals surface area (Å²) in [6.07, 6.45) is 32.9. The molecule has 3 aliphatic rings. The lowest BCUT2D eigenvalue weighted by molar-refractivity contribution is 0.0915. The van der Waals surface area contributed by atoms with Crippen LogP contribution in [0.3, 0.4) is 0 Å². The average Bonchev–Trinajstić information content (AvgIpc) is 3.48. The third-order valence-corrected chi connectivity index (χ3v) is 13.6. The van der Waals surface area contributed by atoms with Crippen LogP contribution >= 0.6 is 0 Å². The lowest BCUT2D eigenvalue weighted by Gasteiger charge is -2.44. The molecule has 3 aromatic rings. The van der Waals surface area contributed by atoms with Gasteiger partial charge in [-0.3, -0.25) is 0 Å². The van der Waals surface area contributed by atoms with Gasteiger partial charge in [-0.15, -0.1) is 0 Å². The number of hydrogen-bond acceptors (Lipinski definition) is 20. The fourth-order valence-electron chi connectivity index (χ4n) is 10.2. The number of rotatable bonds is 20. The van der Waals surface area contributed by atoms with Gasteiger partial charge in [0.25, 0.3) is 0 Å². The molecule has 0 aromatic heterocycles. The molecule has 0 amide bonds. The Bertz CT molecular complexity index is 2810. The third-order valence-electron chi connectivity index (χ3n) is 13.6. The lowest BCUT2D eigenvalue weighted by Crippen LogP contribution is -2.39. The fourth-order valence-corrected chi connectivity index (χ4v) is 10.2. The Labute approximate surface area is 460 Å². The molecule has 79 heavy (non-hydrogen) atoms. The van der Waals surface area contributed by atoms with Gasteiger partial charge in [0.05, 0.1) is 60.5 Å². The van der Waals surface area contributed by atoms with Crippen LogP contribution in [0.4, 0.5) is 22.7 Å². The van der Waals surface area contributed by atoms with Crippen molar-refractivity contribution in [3.05, 3.63) is 83.4 Å². The molecule has 0 spiro atoms. The molecule has 3 saturated carbocycles. The average molecular weight is 1080 g/mol. The van der Waals surface area contributed by atoms with Crippen molar-refractivity contribution in [3.8, 4) is 0 Å². The van der Waals surface area contributed by atoms with Crippen LogP contribution in [0.25, 0.3) is 0 Å². The Hall–Kier alpha value is -8.54. The molecule has 3 fully saturated rings. The predicted octanol–water partition coefficient (Wildman–Crippen LogP) is 11.8. The Balaban J connectivity index is 0.000000342. The van der Waals surface area contributed by atoms with Gasteiger partial charge in [-0.2, -0.15) is 20.0 Å². The van der Waals surface area contributed by atoms with Crippen molar-refractivity contribution in [2.24, 2.45) is 72.6 Å². The smallest absolute Gasteiger partial charge is 0.211 e. The zero-order valence-electron chi connectivity index (χ0n) is 45.4. The van der Waals surface area contributed by atoms with Gasteiger partial charge in [-0.25, -0.2) is 77.9 Å². The fraction of sp³-hybridized carbons (Fsp3) is 0.525. The van der Waals surface area contributed by atoms with Crippen LogP contribution in [0.15, 0.2) is 117 Å². The first-order valence-corrected chi connectivity index (χ1v) is 26.2. The largest absolute Gasteiger partial charge is 0.240 e. The van der Waals surface area contributed by atoms with Crippen molar-refractivity contribution < 1.29 is 47.9 Å². The van der Waals surface area contributed by atoms with Crippen LogP contribution in [-0.2, 0) is 54.4 Å². The number of benzene rings is 3. The van der Waals surface area contributed by atoms with Gasteiger partial charge in [-0.05, 0) is 173 Å². The van der Waals surface area contributed by atoms with Crippen molar-refractivity contribution in [1.82, 2.24) is 0 Å². The lowest BCUT2D eigenvalue weighted by atomic mass is 9.63. The minimum Gasteiger partial charge on any atom is -0.211 e. The van der Waals surface area contributed by atoms with E-state index in [4.69, 9.17) is 0 Å². The van der Waals surface area contributed by atoms with Gasteiger partial charge < -0.3 is 0 Å². The van der Waals surface area contributed by atoms with Crippen LogP contribution in [-0.4, -0.2) is 98.6 Å². The minimum atomic E-state index is -0.0653. The van der Waals surface area contributed by atoms with Gasteiger partial charge >= 0.3 is 0 Å². The maximum Gasteiger partial charge on any atom is 0.240 e. The Morgan fingerprint density at radius 3 is 1.46 bits per heavy atom. The highest BCUT2D eigenvalue weighted by Gasteiger charge is 2.41. The molecule has 0 saturated heterocycles. The summed E-state index contributed by atoms with van der Waals surface area (Å²) in [6.45, 7) is 9.77. The highest BCUT2D eigenvalue weighted by Crippen LogP contribution is 2.47. The number of hydrogen-bond donors (Lipinski definition) is 0. The molecular weight excluding hydrogens is 1010 g/mol. The van der Waals surface area contributed by atoms with E-state index in [0.717, 1.165) is 99.2 Å². The second-order valence-corrected chi connectivity index (χ2v) is 20.5. The first-order valence-electron chi connectivity index (χ1n) is 26.2. The number of aryl methyl sites for hydroxylation is 1. The molecular formula is C59H68N10O10. The van der Waals surface area contributed by atoms with E-state index >= 15 is 0 Å². The van der Waals surface area contributed by atoms with Gasteiger partial charge in [0.15, 0.2) is 0 Å². The standard InChI is InChI=1S/C15H22N2O2.C15H10N2O2.C12H18N2O2.C9H6N2O2.C8H12N2O2/c18-10-16-14-5-1-12(2-6-14)9-13-3-7-15(8-4-13)17-11-19;18-10-16-14-7-5-12(6-8-14)9-13-3-1-2-4-15(13)17-11-19;1-11(2)4-10(14-9-16)5-12(3,6-11)7-13-8-15;1-7-2-3-8(10-5-12)4-9(7)11-6-13;11-7-9-5-3-1-2-4-6-10-8-12/h12-15H,1-9H2;1-8H,9H2;10H,4-7H2,1-3H3;2-4H,1H3;1-6H2. The van der Waals surface area contributed by atoms with E-state index in [2.05, 4.69) is 70.7 Å². The van der Waals surface area contributed by atoms with Crippen LogP contribution in [0, 0.1) is 29.6 Å². The van der Waals surface area contributed by atoms with Crippen LogP contribution in [0.2, 0.25) is 0 Å². The van der Waals surface area contributed by atoms with Crippen LogP contribution in [0.5, 0.6) is 0 Å². The summed E-state index contributed by atoms with van der Waals surface area (Å²) >= 11 is 0. The molecule has 2 unspecified atom stereocenters. The van der Waals surface area contributed by atoms with Crippen molar-refractivity contribution in [3.63, 3.8) is 0 Å². The zero-order valence-corrected chi connectivity index (χ0v) is 45.4. The molecule has 2 atom stereocenters. The second-order valence-electron chi connectivity index (χ2n) is 20.5. The summed E-state index contributed by atoms with van der Waals surface area (Å²) in [6, 6.07) is 20.0. The molecule has 6 rings (SSSR count). The van der Waals surface area contributed by atoms with Crippen LogP contribution in [0.1, 0.15) is 140 Å². The molecule has 0 heterocycles. The highest BCUT2D eigenvalue weighted by atomic mass is 16.1. The zero-order chi connectivity index (χ0) is 58.0. The molecule has 414 valence electrons. The molecule has 0 N–H and O–H groups in total. The molecule has 3 aliphatic carbocycles. The van der Waals surface area contributed by atoms with Gasteiger partial charge in [-0.1, -0.05) is 70.0 Å². The molecule has 3 aromatic carbocycles. The number of para-hydroxylation sites is 1. The van der Waals surface area contributed by atoms with E-state index < -0.39 is 0 Å². The van der Waals surface area contributed by atoms with Crippen molar-refractivity contribution in [2.75, 3.05) is 19.6 Å². The number of carbonyl (C=O) groups excluding carboxylic acids is 10. The summed E-state index contributed by atoms with van der Waals surface area (Å²) in [5, 5.41) is 0. The van der Waals surface area contributed by atoms with Crippen molar-refractivity contribution in [1.29, 1.82) is 0 Å². The summed E-state index contributed by atoms with van der Waals surface area (Å²) < 4.78 is 0. The van der Waals surface area contributed by atoms with E-state index in [-0.39, 0.29) is 29.0 Å². The maximum atomic E-state index is 10.4. The third kappa shape index (κ3) is 29.0. The summed E-state index contributed by atoms with van der Waals surface area (Å²) in [7, 11) is 0. The monoisotopic (exact) mass is 1080 g/mol. The Morgan fingerprint density at radius 1 is 0.468 bits per heavy atom. The Kier molecular flexibility index (Phi) is 33.5. The normalized spacial score (nSPS) is 19.8. The predicted molar refractivity (Wildman–Crippen MR) is 295 cm³/mol. The quantitative estimate of drug-likeness (QED) is 0.0585. The van der Waals surface area contributed by atoms with Crippen molar-refractivity contribution in [2.45, 2.75) is 155 Å². The molecule has 0 aliphatic heterocycles. The number of nitrogens with zero attached hydrogens (tertiary/aromatic N) is 10. The van der Waals surface area contributed by atoms with E-state index in [9.17, 15) is 47.9 Å². The van der Waals surface area contributed by atoms with E-state index in [1.54, 1.807) is 67.7 Å². The van der Waals surface area contributed by atoms with Crippen LogP contribution < -0.4 is 0 Å². The van der Waals surface area contributed by atoms with Gasteiger partial charge in [0.1, 0.15) is 0 Å². The van der Waals surface area contributed by atoms with E-state index in [1.165, 1.54) is 68.6 Å². The van der Waals surface area contributed by atoms with E-state index in [0.29, 0.717) is 48.8 Å². The first kappa shape index (κ1) is 66.6. The first-order chi connectivity index (χ1) is 38.2. The molecule has 20 nitrogen and oxygen atoms in total. The Morgan fingerprint density at radius 2 is 0.949 bits per heavy atom. The summed E-state index contributed by atoms with van der Waals surface area (Å²) in [4.78, 5) is 137. The second kappa shape index (κ2) is 39.8.